The molecule has 6 rings (SSSR count). The van der Waals surface area contributed by atoms with E-state index in [2.05, 4.69) is 112 Å². The van der Waals surface area contributed by atoms with Gasteiger partial charge in [0, 0.05) is 11.5 Å². The largest absolute Gasteiger partial charge is 0.258 e. The van der Waals surface area contributed by atoms with Crippen molar-refractivity contribution in [2.75, 3.05) is 21.1 Å². The lowest BCUT2D eigenvalue weighted by atomic mass is 9.61. The van der Waals surface area contributed by atoms with Gasteiger partial charge in [-0.15, -0.1) is 0 Å². The minimum atomic E-state index is -1.84. The normalized spacial score (nSPS) is 29.6. The molecule has 4 unspecified atom stereocenters. The lowest BCUT2D eigenvalue weighted by Crippen LogP contribution is -2.69. The van der Waals surface area contributed by atoms with E-state index < -0.39 is 8.24 Å². The van der Waals surface area contributed by atoms with Crippen LogP contribution in [-0.2, 0) is 16.2 Å². The van der Waals surface area contributed by atoms with Crippen molar-refractivity contribution in [2.45, 2.75) is 179 Å². The zero-order valence-electron chi connectivity index (χ0n) is 33.0. The van der Waals surface area contributed by atoms with Crippen LogP contribution in [0.15, 0.2) is 29.9 Å². The molecular weight excluding hydrogens is 585 g/mol. The third-order valence-corrected chi connectivity index (χ3v) is 19.1. The van der Waals surface area contributed by atoms with Crippen LogP contribution in [0.2, 0.25) is 18.6 Å². The summed E-state index contributed by atoms with van der Waals surface area (Å²) in [7, 11) is 5.61. The molecule has 0 amide bonds. The average molecular weight is 658 g/mol. The molecule has 47 heavy (non-hydrogen) atoms. The minimum absolute atomic E-state index is 0.177. The van der Waals surface area contributed by atoms with Gasteiger partial charge in [0.25, 0.3) is 0 Å². The summed E-state index contributed by atoms with van der Waals surface area (Å²) in [5, 5.41) is 0. The van der Waals surface area contributed by atoms with Crippen LogP contribution in [0.25, 0.3) is 5.57 Å². The van der Waals surface area contributed by atoms with Crippen molar-refractivity contribution >= 4 is 13.8 Å². The first-order valence-corrected chi connectivity index (χ1v) is 23.3. The SMILES string of the molecule is CCCCC1(CCCC)C2=CC3C(C=C2c2cc4c(cc21)C(C)(C)CCC4(C)C)CC(C)C3[Si](C)(C)N(C1CCCCC1)[N+](C)(C)C. The standard InChI is InChI=1S/C44H73N2Si/c1-13-15-22-44(23-16-14-2)37-28-34-32(26-31(3)41(34)47(11,12)45(46(8,9)10)33-20-18-17-19-21-33)27-35(37)36-29-39-40(30-38(36)44)43(6,7)25-24-42(39,4)5/h27-34,41H,13-26H2,1-12H3/q+1. The Labute approximate surface area is 292 Å². The molecule has 0 saturated heterocycles. The number of unbranched alkanes of at least 4 members (excludes halogenated alkanes) is 2. The molecule has 262 valence electrons. The summed E-state index contributed by atoms with van der Waals surface area (Å²) in [6.07, 6.45) is 24.7. The number of fused-ring (bicyclic) bond motifs is 5. The number of benzene rings is 1. The fourth-order valence-corrected chi connectivity index (χ4v) is 18.3. The predicted molar refractivity (Wildman–Crippen MR) is 207 cm³/mol. The number of rotatable bonds is 10. The molecule has 0 heterocycles. The molecule has 0 spiro atoms. The first-order valence-electron chi connectivity index (χ1n) is 20.2. The van der Waals surface area contributed by atoms with E-state index >= 15 is 0 Å². The fourth-order valence-electron chi connectivity index (χ4n) is 12.4. The molecule has 2 fully saturated rings. The van der Waals surface area contributed by atoms with Gasteiger partial charge in [-0.25, -0.2) is 0 Å². The summed E-state index contributed by atoms with van der Waals surface area (Å²) in [6, 6.07) is 6.30. The number of quaternary nitrogens is 1. The molecule has 3 heteroatoms. The van der Waals surface area contributed by atoms with E-state index in [1.165, 1.54) is 89.9 Å². The first kappa shape index (κ1) is 35.7. The maximum atomic E-state index is 3.12. The molecule has 1 aromatic rings. The van der Waals surface area contributed by atoms with Gasteiger partial charge in [-0.2, -0.15) is 4.67 Å². The molecule has 4 atom stereocenters. The van der Waals surface area contributed by atoms with Gasteiger partial charge in [0.15, 0.2) is 8.24 Å². The Morgan fingerprint density at radius 1 is 0.809 bits per heavy atom. The summed E-state index contributed by atoms with van der Waals surface area (Å²) in [5.41, 5.74) is 11.6. The monoisotopic (exact) mass is 658 g/mol. The average Bonchev–Trinajstić information content (AvgIpc) is 3.46. The van der Waals surface area contributed by atoms with Crippen molar-refractivity contribution in [3.63, 3.8) is 0 Å². The van der Waals surface area contributed by atoms with E-state index in [1.54, 1.807) is 33.4 Å². The highest BCUT2D eigenvalue weighted by Crippen LogP contribution is 2.64. The van der Waals surface area contributed by atoms with Crippen LogP contribution in [0.3, 0.4) is 0 Å². The van der Waals surface area contributed by atoms with Crippen molar-refractivity contribution in [3.8, 4) is 0 Å². The minimum Gasteiger partial charge on any atom is -0.258 e. The van der Waals surface area contributed by atoms with Gasteiger partial charge in [0.2, 0.25) is 0 Å². The van der Waals surface area contributed by atoms with E-state index in [1.807, 2.05) is 0 Å². The maximum Gasteiger partial charge on any atom is 0.191 e. The lowest BCUT2D eigenvalue weighted by molar-refractivity contribution is -0.975. The van der Waals surface area contributed by atoms with Crippen molar-refractivity contribution in [3.05, 3.63) is 52.1 Å². The van der Waals surface area contributed by atoms with Crippen molar-refractivity contribution in [1.29, 1.82) is 0 Å². The van der Waals surface area contributed by atoms with Crippen molar-refractivity contribution < 1.29 is 4.59 Å². The molecule has 0 radical (unpaired) electrons. The van der Waals surface area contributed by atoms with Gasteiger partial charge in [-0.05, 0) is 112 Å². The number of hydrogen-bond donors (Lipinski definition) is 0. The molecule has 2 nitrogen and oxygen atoms in total. The van der Waals surface area contributed by atoms with E-state index in [0.29, 0.717) is 11.8 Å². The molecule has 0 bridgehead atoms. The summed E-state index contributed by atoms with van der Waals surface area (Å²) in [6.45, 7) is 23.2. The Kier molecular flexibility index (Phi) is 9.53. The van der Waals surface area contributed by atoms with Gasteiger partial charge < -0.3 is 0 Å². The molecule has 0 aliphatic heterocycles. The molecule has 2 saturated carbocycles. The zero-order chi connectivity index (χ0) is 34.2. The highest BCUT2D eigenvalue weighted by molar-refractivity contribution is 6.76. The van der Waals surface area contributed by atoms with E-state index in [4.69, 9.17) is 0 Å². The van der Waals surface area contributed by atoms with Gasteiger partial charge >= 0.3 is 0 Å². The van der Waals surface area contributed by atoms with Crippen LogP contribution in [0.5, 0.6) is 0 Å². The van der Waals surface area contributed by atoms with Crippen LogP contribution >= 0.6 is 0 Å². The predicted octanol–water partition coefficient (Wildman–Crippen LogP) is 12.1. The molecule has 5 aliphatic rings. The Balaban J connectivity index is 1.52. The summed E-state index contributed by atoms with van der Waals surface area (Å²) >= 11 is 0. The van der Waals surface area contributed by atoms with Crippen LogP contribution < -0.4 is 0 Å². The molecule has 0 aromatic heterocycles. The van der Waals surface area contributed by atoms with Gasteiger partial charge in [0.1, 0.15) is 0 Å². The quantitative estimate of drug-likeness (QED) is 0.137. The molecule has 5 aliphatic carbocycles. The van der Waals surface area contributed by atoms with E-state index in [0.717, 1.165) is 22.1 Å². The lowest BCUT2D eigenvalue weighted by Gasteiger charge is -2.54. The second-order valence-corrected chi connectivity index (χ2v) is 24.3. The summed E-state index contributed by atoms with van der Waals surface area (Å²) in [5.74, 6) is 2.14. The van der Waals surface area contributed by atoms with Crippen LogP contribution in [-0.4, -0.2) is 44.7 Å². The highest BCUT2D eigenvalue weighted by Gasteiger charge is 2.58. The fraction of sp³-hybridized carbons (Fsp3) is 0.773. The zero-order valence-corrected chi connectivity index (χ0v) is 34.0. The summed E-state index contributed by atoms with van der Waals surface area (Å²) in [4.78, 5) is 0. The Hall–Kier alpha value is -1.16. The van der Waals surface area contributed by atoms with Crippen LogP contribution in [0.4, 0.5) is 0 Å². The van der Waals surface area contributed by atoms with Crippen LogP contribution in [0, 0.1) is 17.8 Å². The van der Waals surface area contributed by atoms with Gasteiger partial charge in [-0.1, -0.05) is 131 Å². The Morgan fingerprint density at radius 3 is 1.94 bits per heavy atom. The molecular formula is C44H73N2Si+. The molecule has 0 N–H and O–H groups in total. The molecule has 1 aromatic carbocycles. The van der Waals surface area contributed by atoms with Crippen LogP contribution in [0.1, 0.15) is 161 Å². The Bertz CT molecular complexity index is 1370. The summed E-state index contributed by atoms with van der Waals surface area (Å²) < 4.78 is 4.12. The number of nitrogens with zero attached hydrogens (tertiary/aromatic N) is 2. The third-order valence-electron chi connectivity index (χ3n) is 14.4. The van der Waals surface area contributed by atoms with Gasteiger partial charge in [0.05, 0.1) is 21.1 Å². The topological polar surface area (TPSA) is 3.24 Å². The number of hydrogen-bond acceptors (Lipinski definition) is 1. The second-order valence-electron chi connectivity index (χ2n) is 19.9. The highest BCUT2D eigenvalue weighted by atomic mass is 28.3. The third kappa shape index (κ3) is 5.93. The number of allylic oxidation sites excluding steroid dienone is 4. The second kappa shape index (κ2) is 12.6. The first-order chi connectivity index (χ1) is 22.0. The maximum absolute atomic E-state index is 3.12. The van der Waals surface area contributed by atoms with Crippen molar-refractivity contribution in [1.82, 2.24) is 4.67 Å². The van der Waals surface area contributed by atoms with Crippen molar-refractivity contribution in [2.24, 2.45) is 17.8 Å². The van der Waals surface area contributed by atoms with Gasteiger partial charge in [-0.3, -0.25) is 4.59 Å². The Morgan fingerprint density at radius 2 is 1.38 bits per heavy atom. The van der Waals surface area contributed by atoms with E-state index in [-0.39, 0.29) is 16.2 Å². The smallest absolute Gasteiger partial charge is 0.191 e. The van der Waals surface area contributed by atoms with E-state index in [9.17, 15) is 0 Å².